The normalized spacial score (nSPS) is 24.7. The van der Waals surface area contributed by atoms with Gasteiger partial charge in [-0.3, -0.25) is 4.79 Å². The molecule has 33 heavy (non-hydrogen) atoms. The molecule has 2 saturated heterocycles. The fourth-order valence-electron chi connectivity index (χ4n) is 5.46. The summed E-state index contributed by atoms with van der Waals surface area (Å²) >= 11 is 0. The molecule has 0 aromatic heterocycles. The van der Waals surface area contributed by atoms with Gasteiger partial charge in [0.25, 0.3) is 0 Å². The van der Waals surface area contributed by atoms with Gasteiger partial charge in [-0.2, -0.15) is 4.31 Å². The van der Waals surface area contributed by atoms with Gasteiger partial charge >= 0.3 is 0 Å². The highest BCUT2D eigenvalue weighted by Gasteiger charge is 2.44. The molecular weight excluding hydrogens is 448 g/mol. The summed E-state index contributed by atoms with van der Waals surface area (Å²) in [6.45, 7) is 3.89. The molecule has 1 aliphatic carbocycles. The minimum Gasteiger partial charge on any atom is -0.370 e. The molecule has 1 aromatic carbocycles. The van der Waals surface area contributed by atoms with E-state index in [1.54, 1.807) is 13.1 Å². The zero-order chi connectivity index (χ0) is 23.8. The van der Waals surface area contributed by atoms with Crippen molar-refractivity contribution < 1.29 is 22.0 Å². The van der Waals surface area contributed by atoms with Crippen LogP contribution in [-0.4, -0.2) is 68.2 Å². The standard InChI is InChI=1S/C24H35F2N3O3S/c1-18-8-9-22(21(17-18)28-14-4-3-5-15-28)33(31,32)29-16-6-7-20(29)23(30)27(2)19-10-12-24(25,26)13-11-19/h8-9,17,19-20H,3-7,10-16H2,1-2H3/t20-/m0/s1. The van der Waals surface area contributed by atoms with Gasteiger partial charge in [0.15, 0.2) is 0 Å². The predicted molar refractivity (Wildman–Crippen MR) is 124 cm³/mol. The lowest BCUT2D eigenvalue weighted by molar-refractivity contribution is -0.138. The number of carbonyl (C=O) groups is 1. The maximum Gasteiger partial charge on any atom is 0.248 e. The SMILES string of the molecule is Cc1ccc(S(=O)(=O)N2CCC[C@H]2C(=O)N(C)C2CCC(F)(F)CC2)c(N2CCCCC2)c1. The van der Waals surface area contributed by atoms with Crippen molar-refractivity contribution in [3.8, 4) is 0 Å². The van der Waals surface area contributed by atoms with E-state index in [0.29, 0.717) is 19.4 Å². The van der Waals surface area contributed by atoms with Crippen molar-refractivity contribution in [2.75, 3.05) is 31.6 Å². The average molecular weight is 484 g/mol. The van der Waals surface area contributed by atoms with Crippen LogP contribution in [0.3, 0.4) is 0 Å². The number of aryl methyl sites for hydroxylation is 1. The van der Waals surface area contributed by atoms with Crippen LogP contribution in [0.5, 0.6) is 0 Å². The van der Waals surface area contributed by atoms with E-state index in [-0.39, 0.29) is 42.5 Å². The Labute approximate surface area is 196 Å². The summed E-state index contributed by atoms with van der Waals surface area (Å²) in [6.07, 6.45) is 4.29. The van der Waals surface area contributed by atoms with Gasteiger partial charge in [-0.05, 0) is 69.6 Å². The topological polar surface area (TPSA) is 60.9 Å². The van der Waals surface area contributed by atoms with Crippen molar-refractivity contribution in [3.63, 3.8) is 0 Å². The van der Waals surface area contributed by atoms with Crippen LogP contribution in [-0.2, 0) is 14.8 Å². The molecule has 1 atom stereocenters. The van der Waals surface area contributed by atoms with E-state index in [1.807, 2.05) is 19.1 Å². The van der Waals surface area contributed by atoms with Crippen LogP contribution in [0.25, 0.3) is 0 Å². The van der Waals surface area contributed by atoms with E-state index in [4.69, 9.17) is 0 Å². The van der Waals surface area contributed by atoms with Gasteiger partial charge in [0.2, 0.25) is 21.9 Å². The molecular formula is C24H35F2N3O3S. The Hall–Kier alpha value is -1.74. The minimum absolute atomic E-state index is 0.232. The van der Waals surface area contributed by atoms with Crippen molar-refractivity contribution in [1.82, 2.24) is 9.21 Å². The zero-order valence-electron chi connectivity index (χ0n) is 19.6. The number of nitrogens with zero attached hydrogens (tertiary/aromatic N) is 3. The largest absolute Gasteiger partial charge is 0.370 e. The highest BCUT2D eigenvalue weighted by Crippen LogP contribution is 2.37. The number of amides is 1. The van der Waals surface area contributed by atoms with Crippen LogP contribution < -0.4 is 4.90 Å². The van der Waals surface area contributed by atoms with E-state index in [9.17, 15) is 22.0 Å². The second-order valence-electron chi connectivity index (χ2n) is 9.83. The van der Waals surface area contributed by atoms with Crippen LogP contribution in [0.1, 0.15) is 63.4 Å². The van der Waals surface area contributed by atoms with E-state index < -0.39 is 22.0 Å². The fourth-order valence-corrected chi connectivity index (χ4v) is 7.30. The number of hydrogen-bond acceptors (Lipinski definition) is 4. The number of rotatable bonds is 5. The van der Waals surface area contributed by atoms with Crippen LogP contribution in [0.2, 0.25) is 0 Å². The molecule has 3 fully saturated rings. The molecule has 184 valence electrons. The molecule has 2 heterocycles. The van der Waals surface area contributed by atoms with Gasteiger partial charge in [0.05, 0.1) is 5.69 Å². The van der Waals surface area contributed by atoms with E-state index in [0.717, 1.165) is 43.6 Å². The molecule has 0 spiro atoms. The van der Waals surface area contributed by atoms with Crippen LogP contribution in [0.4, 0.5) is 14.5 Å². The van der Waals surface area contributed by atoms with Gasteiger partial charge in [-0.1, -0.05) is 6.07 Å². The number of carbonyl (C=O) groups excluding carboxylic acids is 1. The number of piperidine rings is 1. The second kappa shape index (κ2) is 9.49. The number of benzene rings is 1. The summed E-state index contributed by atoms with van der Waals surface area (Å²) < 4.78 is 56.2. The monoisotopic (exact) mass is 483 g/mol. The molecule has 4 rings (SSSR count). The molecule has 3 aliphatic rings. The lowest BCUT2D eigenvalue weighted by Crippen LogP contribution is -2.50. The average Bonchev–Trinajstić information content (AvgIpc) is 3.29. The third-order valence-electron chi connectivity index (χ3n) is 7.47. The second-order valence-corrected chi connectivity index (χ2v) is 11.7. The molecule has 1 amide bonds. The summed E-state index contributed by atoms with van der Waals surface area (Å²) in [5.74, 6) is -2.95. The Morgan fingerprint density at radius 1 is 1.03 bits per heavy atom. The van der Waals surface area contributed by atoms with Crippen LogP contribution in [0, 0.1) is 6.92 Å². The summed E-state index contributed by atoms with van der Waals surface area (Å²) in [5, 5.41) is 0. The molecule has 1 aromatic rings. The van der Waals surface area contributed by atoms with Gasteiger partial charge < -0.3 is 9.80 Å². The zero-order valence-corrected chi connectivity index (χ0v) is 20.4. The van der Waals surface area contributed by atoms with Crippen LogP contribution >= 0.6 is 0 Å². The Morgan fingerprint density at radius 3 is 2.36 bits per heavy atom. The summed E-state index contributed by atoms with van der Waals surface area (Å²) in [4.78, 5) is 17.3. The van der Waals surface area contributed by atoms with Gasteiger partial charge in [-0.15, -0.1) is 0 Å². The van der Waals surface area contributed by atoms with Gasteiger partial charge in [-0.25, -0.2) is 17.2 Å². The number of sulfonamides is 1. The maximum absolute atomic E-state index is 13.8. The van der Waals surface area contributed by atoms with Gasteiger partial charge in [0, 0.05) is 45.6 Å². The lowest BCUT2D eigenvalue weighted by Gasteiger charge is -2.37. The van der Waals surface area contributed by atoms with Crippen molar-refractivity contribution in [2.45, 2.75) is 87.6 Å². The van der Waals surface area contributed by atoms with E-state index in [1.165, 1.54) is 9.21 Å². The molecule has 2 aliphatic heterocycles. The predicted octanol–water partition coefficient (Wildman–Crippen LogP) is 4.17. The van der Waals surface area contributed by atoms with Crippen molar-refractivity contribution in [3.05, 3.63) is 23.8 Å². The highest BCUT2D eigenvalue weighted by atomic mass is 32.2. The summed E-state index contributed by atoms with van der Waals surface area (Å²) in [6, 6.07) is 4.35. The molecule has 1 saturated carbocycles. The first-order chi connectivity index (χ1) is 15.6. The third kappa shape index (κ3) is 5.04. The molecule has 0 unspecified atom stereocenters. The Morgan fingerprint density at radius 2 is 1.70 bits per heavy atom. The first-order valence-corrected chi connectivity index (χ1v) is 13.6. The van der Waals surface area contributed by atoms with Crippen molar-refractivity contribution in [2.24, 2.45) is 0 Å². The Balaban J connectivity index is 1.57. The Kier molecular flexibility index (Phi) is 7.01. The number of likely N-dealkylation sites (N-methyl/N-ethyl adjacent to an activating group) is 1. The number of halogens is 2. The summed E-state index contributed by atoms with van der Waals surface area (Å²) in [7, 11) is -2.26. The fraction of sp³-hybridized carbons (Fsp3) is 0.708. The Bertz CT molecular complexity index is 969. The summed E-state index contributed by atoms with van der Waals surface area (Å²) in [5.41, 5.74) is 1.72. The highest BCUT2D eigenvalue weighted by molar-refractivity contribution is 7.89. The first kappa shape index (κ1) is 24.4. The van der Waals surface area contributed by atoms with Crippen molar-refractivity contribution >= 4 is 21.6 Å². The lowest BCUT2D eigenvalue weighted by atomic mass is 9.91. The quantitative estimate of drug-likeness (QED) is 0.631. The minimum atomic E-state index is -3.89. The smallest absolute Gasteiger partial charge is 0.248 e. The number of alkyl halides is 2. The number of hydrogen-bond donors (Lipinski definition) is 0. The molecule has 0 radical (unpaired) electrons. The third-order valence-corrected chi connectivity index (χ3v) is 9.42. The van der Waals surface area contributed by atoms with Gasteiger partial charge in [0.1, 0.15) is 10.9 Å². The van der Waals surface area contributed by atoms with Crippen molar-refractivity contribution in [1.29, 1.82) is 0 Å². The molecule has 6 nitrogen and oxygen atoms in total. The maximum atomic E-state index is 13.8. The number of anilines is 1. The first-order valence-electron chi connectivity index (χ1n) is 12.1. The van der Waals surface area contributed by atoms with Crippen LogP contribution in [0.15, 0.2) is 23.1 Å². The van der Waals surface area contributed by atoms with E-state index >= 15 is 0 Å². The van der Waals surface area contributed by atoms with E-state index in [2.05, 4.69) is 4.90 Å². The molecule has 0 bridgehead atoms. The molecule has 9 heteroatoms. The molecule has 0 N–H and O–H groups in total.